The Kier molecular flexibility index (Phi) is 3.85. The topological polar surface area (TPSA) is 29.3 Å². The Morgan fingerprint density at radius 1 is 1.24 bits per heavy atom. The number of hydrogen-bond acceptors (Lipinski definition) is 2. The van der Waals surface area contributed by atoms with Crippen LogP contribution in [-0.2, 0) is 5.54 Å². The molecule has 17 heavy (non-hydrogen) atoms. The first-order valence-electron chi connectivity index (χ1n) is 6.74. The second-order valence-electron chi connectivity index (χ2n) is 5.32. The van der Waals surface area contributed by atoms with Crippen molar-refractivity contribution in [3.05, 3.63) is 35.9 Å². The molecule has 1 saturated heterocycles. The van der Waals surface area contributed by atoms with E-state index >= 15 is 0 Å². The van der Waals surface area contributed by atoms with E-state index in [1.165, 1.54) is 31.5 Å². The molecule has 0 amide bonds. The molecule has 0 spiro atoms. The summed E-state index contributed by atoms with van der Waals surface area (Å²) in [4.78, 5) is 2.56. The molecule has 1 fully saturated rings. The Balaban J connectivity index is 2.22. The second-order valence-corrected chi connectivity index (χ2v) is 5.32. The molecule has 1 heterocycles. The number of likely N-dealkylation sites (tertiary alicyclic amines) is 1. The van der Waals surface area contributed by atoms with Crippen molar-refractivity contribution in [3.8, 4) is 0 Å². The molecule has 0 saturated carbocycles. The maximum atomic E-state index is 6.63. The molecule has 0 radical (unpaired) electrons. The van der Waals surface area contributed by atoms with Crippen molar-refractivity contribution in [3.63, 3.8) is 0 Å². The van der Waals surface area contributed by atoms with E-state index in [0.717, 1.165) is 6.42 Å². The Labute approximate surface area is 105 Å². The van der Waals surface area contributed by atoms with Crippen LogP contribution in [0, 0.1) is 0 Å². The highest BCUT2D eigenvalue weighted by atomic mass is 15.2. The zero-order valence-electron chi connectivity index (χ0n) is 11.0. The summed E-state index contributed by atoms with van der Waals surface area (Å²) in [7, 11) is 0. The van der Waals surface area contributed by atoms with Crippen LogP contribution in [0.2, 0.25) is 0 Å². The van der Waals surface area contributed by atoms with Gasteiger partial charge in [-0.05, 0) is 44.8 Å². The second kappa shape index (κ2) is 5.19. The molecule has 94 valence electrons. The summed E-state index contributed by atoms with van der Waals surface area (Å²) in [6, 6.07) is 11.0. The minimum Gasteiger partial charge on any atom is -0.320 e. The number of nitrogens with two attached hydrogens (primary N) is 1. The highest BCUT2D eigenvalue weighted by Crippen LogP contribution is 2.29. The lowest BCUT2D eigenvalue weighted by atomic mass is 9.83. The maximum absolute atomic E-state index is 6.63. The van der Waals surface area contributed by atoms with Crippen molar-refractivity contribution in [2.45, 2.75) is 44.7 Å². The van der Waals surface area contributed by atoms with Gasteiger partial charge in [0.2, 0.25) is 0 Å². The van der Waals surface area contributed by atoms with E-state index in [1.807, 2.05) is 0 Å². The molecule has 2 rings (SSSR count). The molecule has 2 nitrogen and oxygen atoms in total. The van der Waals surface area contributed by atoms with E-state index < -0.39 is 0 Å². The minimum atomic E-state index is -0.250. The molecule has 2 N–H and O–H groups in total. The van der Waals surface area contributed by atoms with Gasteiger partial charge in [0.05, 0.1) is 5.54 Å². The van der Waals surface area contributed by atoms with E-state index in [9.17, 15) is 0 Å². The van der Waals surface area contributed by atoms with Crippen molar-refractivity contribution in [2.24, 2.45) is 5.73 Å². The highest BCUT2D eigenvalue weighted by Gasteiger charge is 2.35. The lowest BCUT2D eigenvalue weighted by molar-refractivity contribution is 0.151. The van der Waals surface area contributed by atoms with E-state index in [1.54, 1.807) is 0 Å². The third-order valence-electron chi connectivity index (χ3n) is 4.06. The van der Waals surface area contributed by atoms with Gasteiger partial charge < -0.3 is 5.73 Å². The Morgan fingerprint density at radius 3 is 2.35 bits per heavy atom. The van der Waals surface area contributed by atoms with Crippen LogP contribution < -0.4 is 5.73 Å². The average Bonchev–Trinajstić information content (AvgIpc) is 2.84. The molecule has 1 aromatic rings. The minimum absolute atomic E-state index is 0.250. The monoisotopic (exact) mass is 232 g/mol. The first-order chi connectivity index (χ1) is 8.16. The Morgan fingerprint density at radius 2 is 1.82 bits per heavy atom. The van der Waals surface area contributed by atoms with Gasteiger partial charge in [-0.2, -0.15) is 0 Å². The van der Waals surface area contributed by atoms with Crippen molar-refractivity contribution in [1.29, 1.82) is 0 Å². The number of benzene rings is 1. The van der Waals surface area contributed by atoms with E-state index in [0.29, 0.717) is 6.04 Å². The third-order valence-corrected chi connectivity index (χ3v) is 4.06. The van der Waals surface area contributed by atoms with Gasteiger partial charge in [-0.15, -0.1) is 0 Å². The fourth-order valence-corrected chi connectivity index (χ4v) is 3.10. The van der Waals surface area contributed by atoms with E-state index in [4.69, 9.17) is 5.73 Å². The standard InChI is InChI=1S/C15H24N2/c1-3-14(17-11-7-8-12-17)15(2,16)13-9-5-4-6-10-13/h4-6,9-10,14H,3,7-8,11-12,16H2,1-2H3. The summed E-state index contributed by atoms with van der Waals surface area (Å²) in [5.41, 5.74) is 7.63. The van der Waals surface area contributed by atoms with Crippen LogP contribution in [0.4, 0.5) is 0 Å². The molecule has 0 bridgehead atoms. The normalized spacial score (nSPS) is 22.3. The van der Waals surface area contributed by atoms with Crippen LogP contribution in [0.5, 0.6) is 0 Å². The lowest BCUT2D eigenvalue weighted by Gasteiger charge is -2.40. The van der Waals surface area contributed by atoms with Crippen molar-refractivity contribution in [2.75, 3.05) is 13.1 Å². The fraction of sp³-hybridized carbons (Fsp3) is 0.600. The molecule has 1 aliphatic rings. The van der Waals surface area contributed by atoms with Gasteiger partial charge in [0.15, 0.2) is 0 Å². The van der Waals surface area contributed by atoms with Gasteiger partial charge >= 0.3 is 0 Å². The number of rotatable bonds is 4. The summed E-state index contributed by atoms with van der Waals surface area (Å²) in [6.45, 7) is 6.84. The summed E-state index contributed by atoms with van der Waals surface area (Å²) in [6.07, 6.45) is 3.75. The van der Waals surface area contributed by atoms with Gasteiger partial charge in [-0.3, -0.25) is 4.90 Å². The van der Waals surface area contributed by atoms with Crippen LogP contribution in [0.3, 0.4) is 0 Å². The van der Waals surface area contributed by atoms with E-state index in [2.05, 4.69) is 49.1 Å². The molecule has 0 aliphatic carbocycles. The average molecular weight is 232 g/mol. The molecular formula is C15H24N2. The predicted molar refractivity (Wildman–Crippen MR) is 72.9 cm³/mol. The maximum Gasteiger partial charge on any atom is 0.0538 e. The van der Waals surface area contributed by atoms with Gasteiger partial charge in [-0.25, -0.2) is 0 Å². The smallest absolute Gasteiger partial charge is 0.0538 e. The Hall–Kier alpha value is -0.860. The largest absolute Gasteiger partial charge is 0.320 e. The molecular weight excluding hydrogens is 208 g/mol. The molecule has 0 aromatic heterocycles. The van der Waals surface area contributed by atoms with Crippen LogP contribution in [0.1, 0.15) is 38.7 Å². The SMILES string of the molecule is CCC(N1CCCC1)C(C)(N)c1ccccc1. The summed E-state index contributed by atoms with van der Waals surface area (Å²) in [5, 5.41) is 0. The molecule has 2 atom stereocenters. The summed E-state index contributed by atoms with van der Waals surface area (Å²) >= 11 is 0. The molecule has 2 heteroatoms. The number of nitrogens with zero attached hydrogens (tertiary/aromatic N) is 1. The van der Waals surface area contributed by atoms with Crippen LogP contribution in [0.25, 0.3) is 0 Å². The van der Waals surface area contributed by atoms with Crippen LogP contribution in [0.15, 0.2) is 30.3 Å². The van der Waals surface area contributed by atoms with E-state index in [-0.39, 0.29) is 5.54 Å². The van der Waals surface area contributed by atoms with Crippen LogP contribution >= 0.6 is 0 Å². The van der Waals surface area contributed by atoms with Gasteiger partial charge in [0, 0.05) is 6.04 Å². The molecule has 1 aliphatic heterocycles. The van der Waals surface area contributed by atoms with Crippen LogP contribution in [-0.4, -0.2) is 24.0 Å². The molecule has 1 aromatic carbocycles. The first-order valence-corrected chi connectivity index (χ1v) is 6.74. The summed E-state index contributed by atoms with van der Waals surface area (Å²) < 4.78 is 0. The first kappa shape index (κ1) is 12.6. The number of hydrogen-bond donors (Lipinski definition) is 1. The quantitative estimate of drug-likeness (QED) is 0.865. The summed E-state index contributed by atoms with van der Waals surface area (Å²) in [5.74, 6) is 0. The zero-order valence-corrected chi connectivity index (χ0v) is 11.0. The predicted octanol–water partition coefficient (Wildman–Crippen LogP) is 2.73. The highest BCUT2D eigenvalue weighted by molar-refractivity contribution is 5.25. The Bertz CT molecular complexity index is 339. The van der Waals surface area contributed by atoms with Gasteiger partial charge in [0.25, 0.3) is 0 Å². The van der Waals surface area contributed by atoms with Crippen molar-refractivity contribution < 1.29 is 0 Å². The fourth-order valence-electron chi connectivity index (χ4n) is 3.10. The van der Waals surface area contributed by atoms with Gasteiger partial charge in [0.1, 0.15) is 0 Å². The third kappa shape index (κ3) is 2.53. The van der Waals surface area contributed by atoms with Crippen molar-refractivity contribution in [1.82, 2.24) is 4.90 Å². The van der Waals surface area contributed by atoms with Gasteiger partial charge in [-0.1, -0.05) is 37.3 Å². The van der Waals surface area contributed by atoms with Crippen molar-refractivity contribution >= 4 is 0 Å². The zero-order chi connectivity index (χ0) is 12.3. The molecule has 2 unspecified atom stereocenters. The lowest BCUT2D eigenvalue weighted by Crippen LogP contribution is -2.53.